The van der Waals surface area contributed by atoms with E-state index in [1.807, 2.05) is 0 Å². The summed E-state index contributed by atoms with van der Waals surface area (Å²) in [5.74, 6) is 0. The molecular formula is C58H34N2O2. The number of rotatable bonds is 4. The predicted molar refractivity (Wildman–Crippen MR) is 258 cm³/mol. The summed E-state index contributed by atoms with van der Waals surface area (Å²) in [7, 11) is 0. The highest BCUT2D eigenvalue weighted by molar-refractivity contribution is 6.16. The van der Waals surface area contributed by atoms with Gasteiger partial charge in [0.2, 0.25) is 0 Å². The quantitative estimate of drug-likeness (QED) is 0.178. The van der Waals surface area contributed by atoms with Crippen LogP contribution in [-0.4, -0.2) is 9.13 Å². The third-order valence-corrected chi connectivity index (χ3v) is 13.1. The smallest absolute Gasteiger partial charge is 0.136 e. The Morgan fingerprint density at radius 2 is 0.597 bits per heavy atom. The van der Waals surface area contributed by atoms with Crippen LogP contribution in [0.2, 0.25) is 0 Å². The molecule has 4 heteroatoms. The Bertz CT molecular complexity index is 3800. The van der Waals surface area contributed by atoms with Gasteiger partial charge in [-0.3, -0.25) is 0 Å². The molecule has 0 saturated heterocycles. The SMILES string of the molecule is c1cc(-c2ccc3c(c2)oc2cc4cc5oc6cc(-c7cccc(-n8c9ccccc9c9ccccc98)c7)ccc6c5cc4cc23)cc(-n2c3ccccc3c3ccccc32)c1. The van der Waals surface area contributed by atoms with Gasteiger partial charge in [-0.15, -0.1) is 0 Å². The summed E-state index contributed by atoms with van der Waals surface area (Å²) in [6.45, 7) is 0. The van der Waals surface area contributed by atoms with E-state index >= 15 is 0 Å². The predicted octanol–water partition coefficient (Wildman–Crippen LogP) is 16.2. The van der Waals surface area contributed by atoms with Gasteiger partial charge in [0.05, 0.1) is 22.1 Å². The van der Waals surface area contributed by atoms with Crippen molar-refractivity contribution in [3.63, 3.8) is 0 Å². The van der Waals surface area contributed by atoms with Crippen molar-refractivity contribution in [2.45, 2.75) is 0 Å². The van der Waals surface area contributed by atoms with E-state index in [0.717, 1.165) is 88.3 Å². The average Bonchev–Trinajstić information content (AvgIpc) is 4.07. The summed E-state index contributed by atoms with van der Waals surface area (Å²) in [6, 6.07) is 74.3. The second-order valence-corrected chi connectivity index (χ2v) is 16.5. The largest absolute Gasteiger partial charge is 0.456 e. The van der Waals surface area contributed by atoms with Crippen molar-refractivity contribution in [2.24, 2.45) is 0 Å². The van der Waals surface area contributed by atoms with Gasteiger partial charge in [-0.25, -0.2) is 0 Å². The van der Waals surface area contributed by atoms with Crippen LogP contribution in [0.15, 0.2) is 215 Å². The monoisotopic (exact) mass is 790 g/mol. The van der Waals surface area contributed by atoms with Crippen LogP contribution < -0.4 is 0 Å². The molecule has 288 valence electrons. The summed E-state index contributed by atoms with van der Waals surface area (Å²) >= 11 is 0. The van der Waals surface area contributed by atoms with Crippen LogP contribution in [0.25, 0.3) is 132 Å². The first-order valence-corrected chi connectivity index (χ1v) is 21.1. The number of benzene rings is 10. The lowest BCUT2D eigenvalue weighted by Crippen LogP contribution is -1.94. The topological polar surface area (TPSA) is 36.1 Å². The normalized spacial score (nSPS) is 12.2. The molecule has 0 saturated carbocycles. The molecule has 0 fully saturated rings. The Hall–Kier alpha value is -8.34. The molecule has 0 unspecified atom stereocenters. The standard InChI is InChI=1S/C58H34N2O2/c1-5-19-51-43(15-1)44-16-2-6-20-52(44)59(51)41-13-9-11-35(27-41)37-23-25-47-49-29-39-30-50-48-26-24-38(32-56(48)62-58(50)34-40(39)33-57(49)61-55(47)31-37)36-12-10-14-42(28-36)60-53-21-7-3-17-45(53)46-18-4-8-22-54(46)60/h1-34H. The molecule has 0 spiro atoms. The van der Waals surface area contributed by atoms with Gasteiger partial charge in [-0.2, -0.15) is 0 Å². The van der Waals surface area contributed by atoms with Gasteiger partial charge < -0.3 is 18.0 Å². The molecule has 4 aromatic heterocycles. The van der Waals surface area contributed by atoms with E-state index in [2.05, 4.69) is 215 Å². The van der Waals surface area contributed by atoms with E-state index in [1.54, 1.807) is 0 Å². The first kappa shape index (κ1) is 33.5. The molecule has 4 heterocycles. The van der Waals surface area contributed by atoms with Gasteiger partial charge in [0.25, 0.3) is 0 Å². The van der Waals surface area contributed by atoms with Crippen LogP contribution in [0.1, 0.15) is 0 Å². The van der Waals surface area contributed by atoms with Crippen molar-refractivity contribution < 1.29 is 8.83 Å². The zero-order valence-electron chi connectivity index (χ0n) is 33.3. The van der Waals surface area contributed by atoms with Crippen LogP contribution in [0.5, 0.6) is 0 Å². The summed E-state index contributed by atoms with van der Waals surface area (Å²) in [6.07, 6.45) is 0. The number of furan rings is 2. The minimum atomic E-state index is 0.865. The van der Waals surface area contributed by atoms with Gasteiger partial charge in [-0.1, -0.05) is 109 Å². The molecule has 14 rings (SSSR count). The molecular weight excluding hydrogens is 757 g/mol. The van der Waals surface area contributed by atoms with Crippen molar-refractivity contribution in [1.29, 1.82) is 0 Å². The number of para-hydroxylation sites is 4. The minimum Gasteiger partial charge on any atom is -0.456 e. The lowest BCUT2D eigenvalue weighted by Gasteiger charge is -2.10. The molecule has 4 nitrogen and oxygen atoms in total. The summed E-state index contributed by atoms with van der Waals surface area (Å²) in [4.78, 5) is 0. The fraction of sp³-hybridized carbons (Fsp3) is 0. The Kier molecular flexibility index (Phi) is 6.80. The van der Waals surface area contributed by atoms with Gasteiger partial charge >= 0.3 is 0 Å². The second-order valence-electron chi connectivity index (χ2n) is 16.5. The molecule has 0 aliphatic carbocycles. The van der Waals surface area contributed by atoms with Crippen molar-refractivity contribution in [3.8, 4) is 33.6 Å². The summed E-state index contributed by atoms with van der Waals surface area (Å²) in [5, 5.41) is 11.7. The maximum Gasteiger partial charge on any atom is 0.136 e. The highest BCUT2D eigenvalue weighted by Gasteiger charge is 2.17. The number of hydrogen-bond acceptors (Lipinski definition) is 2. The molecule has 0 aliphatic heterocycles. The zero-order valence-corrected chi connectivity index (χ0v) is 33.3. The van der Waals surface area contributed by atoms with E-state index < -0.39 is 0 Å². The van der Waals surface area contributed by atoms with Crippen molar-refractivity contribution >= 4 is 98.3 Å². The molecule has 14 aromatic rings. The second kappa shape index (κ2) is 12.6. The third kappa shape index (κ3) is 4.83. The lowest BCUT2D eigenvalue weighted by atomic mass is 10.00. The van der Waals surface area contributed by atoms with Crippen LogP contribution in [-0.2, 0) is 0 Å². The molecule has 10 aromatic carbocycles. The van der Waals surface area contributed by atoms with Gasteiger partial charge in [0, 0.05) is 54.5 Å². The summed E-state index contributed by atoms with van der Waals surface area (Å²) in [5.41, 5.74) is 15.1. The molecule has 0 radical (unpaired) electrons. The van der Waals surface area contributed by atoms with E-state index in [1.165, 1.54) is 43.6 Å². The first-order chi connectivity index (χ1) is 30.7. The van der Waals surface area contributed by atoms with Gasteiger partial charge in [-0.05, 0) is 130 Å². The van der Waals surface area contributed by atoms with Crippen LogP contribution in [0, 0.1) is 0 Å². The van der Waals surface area contributed by atoms with E-state index in [4.69, 9.17) is 8.83 Å². The van der Waals surface area contributed by atoms with Crippen molar-refractivity contribution in [3.05, 3.63) is 206 Å². The number of aromatic nitrogens is 2. The van der Waals surface area contributed by atoms with Gasteiger partial charge in [0.15, 0.2) is 0 Å². The van der Waals surface area contributed by atoms with E-state index in [9.17, 15) is 0 Å². The van der Waals surface area contributed by atoms with E-state index in [0.29, 0.717) is 0 Å². The van der Waals surface area contributed by atoms with Crippen LogP contribution >= 0.6 is 0 Å². The highest BCUT2D eigenvalue weighted by atomic mass is 16.3. The maximum atomic E-state index is 6.62. The Balaban J connectivity index is 0.830. The van der Waals surface area contributed by atoms with Crippen LogP contribution in [0.3, 0.4) is 0 Å². The molecule has 0 amide bonds. The Labute approximate surface area is 354 Å². The fourth-order valence-corrected chi connectivity index (χ4v) is 10.2. The number of fused-ring (bicyclic) bond motifs is 13. The molecule has 62 heavy (non-hydrogen) atoms. The number of hydrogen-bond donors (Lipinski definition) is 0. The van der Waals surface area contributed by atoms with Gasteiger partial charge in [0.1, 0.15) is 22.3 Å². The van der Waals surface area contributed by atoms with Crippen LogP contribution in [0.4, 0.5) is 0 Å². The maximum absolute atomic E-state index is 6.62. The molecule has 0 bridgehead atoms. The Morgan fingerprint density at radius 1 is 0.242 bits per heavy atom. The fourth-order valence-electron chi connectivity index (χ4n) is 10.2. The zero-order chi connectivity index (χ0) is 40.5. The molecule has 0 aliphatic rings. The highest BCUT2D eigenvalue weighted by Crippen LogP contribution is 2.40. The first-order valence-electron chi connectivity index (χ1n) is 21.1. The number of nitrogens with zero attached hydrogens (tertiary/aromatic N) is 2. The Morgan fingerprint density at radius 3 is 1.02 bits per heavy atom. The van der Waals surface area contributed by atoms with Crippen molar-refractivity contribution in [2.75, 3.05) is 0 Å². The average molecular weight is 791 g/mol. The minimum absolute atomic E-state index is 0.865. The van der Waals surface area contributed by atoms with Crippen molar-refractivity contribution in [1.82, 2.24) is 9.13 Å². The van der Waals surface area contributed by atoms with E-state index in [-0.39, 0.29) is 0 Å². The lowest BCUT2D eigenvalue weighted by molar-refractivity contribution is 0.669. The molecule has 0 atom stereocenters. The third-order valence-electron chi connectivity index (χ3n) is 13.1. The molecule has 0 N–H and O–H groups in total. The summed E-state index contributed by atoms with van der Waals surface area (Å²) < 4.78 is 18.0.